The van der Waals surface area contributed by atoms with Gasteiger partial charge in [0.1, 0.15) is 5.54 Å². The number of rotatable bonds is 7. The molecule has 2 amide bonds. The van der Waals surface area contributed by atoms with E-state index in [1.165, 1.54) is 0 Å². The monoisotopic (exact) mass is 384 g/mol. The van der Waals surface area contributed by atoms with Crippen LogP contribution in [0.2, 0.25) is 0 Å². The molecule has 1 atom stereocenters. The quantitative estimate of drug-likeness (QED) is 0.564. The zero-order valence-electron chi connectivity index (χ0n) is 15.6. The van der Waals surface area contributed by atoms with E-state index in [9.17, 15) is 24.9 Å². The van der Waals surface area contributed by atoms with Gasteiger partial charge in [-0.2, -0.15) is 0 Å². The summed E-state index contributed by atoms with van der Waals surface area (Å²) < 4.78 is 0. The van der Waals surface area contributed by atoms with Crippen molar-refractivity contribution in [2.75, 3.05) is 24.7 Å². The number of benzene rings is 2. The lowest BCUT2D eigenvalue weighted by Gasteiger charge is -2.30. The molecule has 0 aromatic heterocycles. The van der Waals surface area contributed by atoms with Crippen molar-refractivity contribution < 1.29 is 24.9 Å². The van der Waals surface area contributed by atoms with E-state index in [0.717, 1.165) is 11.3 Å². The first-order valence-corrected chi connectivity index (χ1v) is 9.09. The van der Waals surface area contributed by atoms with Crippen molar-refractivity contribution >= 4 is 17.5 Å². The van der Waals surface area contributed by atoms with Crippen LogP contribution in [0.25, 0.3) is 0 Å². The second kappa shape index (κ2) is 8.10. The topological polar surface area (TPSA) is 110 Å². The van der Waals surface area contributed by atoms with E-state index in [2.05, 4.69) is 5.32 Å². The lowest BCUT2D eigenvalue weighted by molar-refractivity contribution is -0.126. The molecule has 1 unspecified atom stereocenters. The lowest BCUT2D eigenvalue weighted by Crippen LogP contribution is -2.57. The molecule has 1 aliphatic heterocycles. The van der Waals surface area contributed by atoms with Crippen LogP contribution in [0.1, 0.15) is 34.3 Å². The van der Waals surface area contributed by atoms with Gasteiger partial charge < -0.3 is 25.5 Å². The highest BCUT2D eigenvalue weighted by atomic mass is 16.3. The van der Waals surface area contributed by atoms with Crippen LogP contribution in [0.4, 0.5) is 5.69 Å². The summed E-state index contributed by atoms with van der Waals surface area (Å²) in [4.78, 5) is 26.7. The van der Waals surface area contributed by atoms with Crippen molar-refractivity contribution in [2.24, 2.45) is 0 Å². The van der Waals surface area contributed by atoms with Gasteiger partial charge in [0, 0.05) is 11.3 Å². The maximum absolute atomic E-state index is 12.6. The molecule has 1 heterocycles. The summed E-state index contributed by atoms with van der Waals surface area (Å²) in [5, 5.41) is 30.6. The van der Waals surface area contributed by atoms with Gasteiger partial charge in [0.25, 0.3) is 5.91 Å². The summed E-state index contributed by atoms with van der Waals surface area (Å²) in [6.45, 7) is 0.480. The van der Waals surface area contributed by atoms with E-state index < -0.39 is 37.2 Å². The zero-order valence-corrected chi connectivity index (χ0v) is 15.6. The summed E-state index contributed by atoms with van der Waals surface area (Å²) in [7, 11) is 0. The molecule has 0 fully saturated rings. The summed E-state index contributed by atoms with van der Waals surface area (Å²) >= 11 is 0. The molecular formula is C21H24N2O5. The minimum absolute atomic E-state index is 0.0484. The van der Waals surface area contributed by atoms with Crippen LogP contribution < -0.4 is 10.2 Å². The molecule has 148 valence electrons. The smallest absolute Gasteiger partial charge is 0.258 e. The number of carbonyl (C=O) groups excluding carboxylic acids is 2. The Hall–Kier alpha value is -2.74. The lowest BCUT2D eigenvalue weighted by atomic mass is 9.96. The third-order valence-corrected chi connectivity index (χ3v) is 5.22. The Balaban J connectivity index is 1.73. The average Bonchev–Trinajstić information content (AvgIpc) is 3.08. The van der Waals surface area contributed by atoms with E-state index in [-0.39, 0.29) is 5.91 Å². The molecule has 7 heteroatoms. The molecule has 0 radical (unpaired) electrons. The van der Waals surface area contributed by atoms with Gasteiger partial charge >= 0.3 is 0 Å². The van der Waals surface area contributed by atoms with Crippen LogP contribution in [0.3, 0.4) is 0 Å². The predicted octanol–water partition coefficient (Wildman–Crippen LogP) is 0.782. The normalized spacial score (nSPS) is 14.7. The molecule has 0 aliphatic carbocycles. The number of hydrogen-bond acceptors (Lipinski definition) is 5. The Morgan fingerprint density at radius 3 is 2.25 bits per heavy atom. The number of aliphatic hydroxyl groups excluding tert-OH is 3. The SMILES string of the molecule is CC(C(=O)NC(CO)(CO)CO)c1ccc(N2Cc3ccccc3C2=O)cc1. The number of fused-ring (bicyclic) bond motifs is 1. The van der Waals surface area contributed by atoms with Crippen LogP contribution in [-0.4, -0.2) is 52.5 Å². The first-order valence-electron chi connectivity index (χ1n) is 9.09. The van der Waals surface area contributed by atoms with Gasteiger partial charge in [0.15, 0.2) is 0 Å². The molecule has 0 bridgehead atoms. The second-order valence-corrected chi connectivity index (χ2v) is 7.11. The Morgan fingerprint density at radius 1 is 1.07 bits per heavy atom. The number of hydrogen-bond donors (Lipinski definition) is 4. The van der Waals surface area contributed by atoms with Crippen molar-refractivity contribution in [1.29, 1.82) is 0 Å². The number of nitrogens with zero attached hydrogens (tertiary/aromatic N) is 1. The van der Waals surface area contributed by atoms with Gasteiger partial charge in [-0.25, -0.2) is 0 Å². The molecule has 7 nitrogen and oxygen atoms in total. The largest absolute Gasteiger partial charge is 0.394 e. The zero-order chi connectivity index (χ0) is 20.3. The maximum Gasteiger partial charge on any atom is 0.258 e. The van der Waals surface area contributed by atoms with Gasteiger partial charge in [0.05, 0.1) is 32.3 Å². The van der Waals surface area contributed by atoms with Crippen molar-refractivity contribution in [3.63, 3.8) is 0 Å². The summed E-state index contributed by atoms with van der Waals surface area (Å²) in [5.74, 6) is -1.04. The van der Waals surface area contributed by atoms with Gasteiger partial charge in [-0.3, -0.25) is 9.59 Å². The van der Waals surface area contributed by atoms with Crippen LogP contribution in [0.15, 0.2) is 48.5 Å². The maximum atomic E-state index is 12.6. The van der Waals surface area contributed by atoms with Crippen molar-refractivity contribution in [1.82, 2.24) is 5.32 Å². The molecule has 1 aliphatic rings. The number of carbonyl (C=O) groups is 2. The molecular weight excluding hydrogens is 360 g/mol. The first-order chi connectivity index (χ1) is 13.4. The molecule has 2 aromatic rings. The minimum Gasteiger partial charge on any atom is -0.394 e. The van der Waals surface area contributed by atoms with Gasteiger partial charge in [-0.05, 0) is 36.2 Å². The fourth-order valence-electron chi connectivity index (χ4n) is 3.20. The number of amides is 2. The molecule has 28 heavy (non-hydrogen) atoms. The highest BCUT2D eigenvalue weighted by Gasteiger charge is 2.32. The summed E-state index contributed by atoms with van der Waals surface area (Å²) in [6.07, 6.45) is 0. The summed E-state index contributed by atoms with van der Waals surface area (Å²) in [5.41, 5.74) is 1.69. The summed E-state index contributed by atoms with van der Waals surface area (Å²) in [6, 6.07) is 14.6. The van der Waals surface area contributed by atoms with Crippen LogP contribution in [0, 0.1) is 0 Å². The Kier molecular flexibility index (Phi) is 5.79. The fourth-order valence-corrected chi connectivity index (χ4v) is 3.20. The predicted molar refractivity (Wildman–Crippen MR) is 104 cm³/mol. The van der Waals surface area contributed by atoms with E-state index >= 15 is 0 Å². The van der Waals surface area contributed by atoms with Crippen molar-refractivity contribution in [3.05, 3.63) is 65.2 Å². The van der Waals surface area contributed by atoms with Crippen LogP contribution in [0.5, 0.6) is 0 Å². The third kappa shape index (κ3) is 3.64. The van der Waals surface area contributed by atoms with Crippen molar-refractivity contribution in [3.8, 4) is 0 Å². The average molecular weight is 384 g/mol. The van der Waals surface area contributed by atoms with Gasteiger partial charge in [0.2, 0.25) is 5.91 Å². The minimum atomic E-state index is -1.46. The Bertz CT molecular complexity index is 853. The Labute approximate surface area is 163 Å². The third-order valence-electron chi connectivity index (χ3n) is 5.22. The second-order valence-electron chi connectivity index (χ2n) is 7.11. The first kappa shape index (κ1) is 20.0. The van der Waals surface area contributed by atoms with Gasteiger partial charge in [-0.1, -0.05) is 30.3 Å². The van der Waals surface area contributed by atoms with Crippen LogP contribution >= 0.6 is 0 Å². The molecule has 2 aromatic carbocycles. The number of aliphatic hydroxyl groups is 3. The van der Waals surface area contributed by atoms with E-state index in [4.69, 9.17) is 0 Å². The molecule has 0 saturated heterocycles. The fraction of sp³-hybridized carbons (Fsp3) is 0.333. The van der Waals surface area contributed by atoms with Crippen molar-refractivity contribution in [2.45, 2.75) is 24.9 Å². The number of nitrogens with one attached hydrogen (secondary N) is 1. The molecule has 0 saturated carbocycles. The highest BCUT2D eigenvalue weighted by molar-refractivity contribution is 6.10. The molecule has 3 rings (SSSR count). The van der Waals surface area contributed by atoms with E-state index in [0.29, 0.717) is 17.7 Å². The van der Waals surface area contributed by atoms with E-state index in [1.54, 1.807) is 36.1 Å². The molecule has 4 N–H and O–H groups in total. The number of anilines is 1. The standard InChI is InChI=1S/C21H24N2O5/c1-14(19(27)22-21(11-24,12-25)13-26)15-6-8-17(9-7-15)23-10-16-4-2-3-5-18(16)20(23)28/h2-9,14,24-26H,10-13H2,1H3,(H,22,27). The molecule has 0 spiro atoms. The van der Waals surface area contributed by atoms with E-state index in [1.807, 2.05) is 24.3 Å². The Morgan fingerprint density at radius 2 is 1.68 bits per heavy atom. The van der Waals surface area contributed by atoms with Gasteiger partial charge in [-0.15, -0.1) is 0 Å². The van der Waals surface area contributed by atoms with Crippen LogP contribution in [-0.2, 0) is 11.3 Å². The highest BCUT2D eigenvalue weighted by Crippen LogP contribution is 2.29.